The van der Waals surface area contributed by atoms with Crippen LogP contribution in [0.3, 0.4) is 0 Å². The van der Waals surface area contributed by atoms with Gasteiger partial charge in [0, 0.05) is 13.1 Å². The molecule has 2 saturated heterocycles. The maximum Gasteiger partial charge on any atom is 0.225 e. The van der Waals surface area contributed by atoms with Gasteiger partial charge in [-0.25, -0.2) is 4.98 Å². The Labute approximate surface area is 114 Å². The van der Waals surface area contributed by atoms with Crippen LogP contribution in [0.2, 0.25) is 5.15 Å². The predicted octanol–water partition coefficient (Wildman–Crippen LogP) is 1.00. The zero-order valence-electron chi connectivity index (χ0n) is 9.73. The van der Waals surface area contributed by atoms with E-state index in [1.165, 1.54) is 11.3 Å². The summed E-state index contributed by atoms with van der Waals surface area (Å²) in [4.78, 5) is 18.8. The first-order valence-electron chi connectivity index (χ1n) is 6.01. The average Bonchev–Trinajstić information content (AvgIpc) is 2.93. The largest absolute Gasteiger partial charge is 0.391 e. The van der Waals surface area contributed by atoms with Crippen molar-refractivity contribution in [1.82, 2.24) is 10.3 Å². The van der Waals surface area contributed by atoms with E-state index in [9.17, 15) is 4.79 Å². The lowest BCUT2D eigenvalue weighted by Crippen LogP contribution is -2.45. The zero-order chi connectivity index (χ0) is 12.7. The van der Waals surface area contributed by atoms with Gasteiger partial charge in [0.25, 0.3) is 0 Å². The number of fused-ring (bicyclic) bond motifs is 1. The lowest BCUT2D eigenvalue weighted by atomic mass is 9.92. The number of thiazole rings is 1. The number of anilines is 1. The Kier molecular flexibility index (Phi) is 3.17. The highest BCUT2D eigenvalue weighted by molar-refractivity contribution is 7.16. The summed E-state index contributed by atoms with van der Waals surface area (Å²) < 4.78 is 0. The van der Waals surface area contributed by atoms with E-state index in [2.05, 4.69) is 15.2 Å². The van der Waals surface area contributed by atoms with Crippen LogP contribution in [0.4, 0.5) is 5.13 Å². The fourth-order valence-corrected chi connectivity index (χ4v) is 3.93. The molecule has 0 aromatic carbocycles. The number of hydrogen-bond acceptors (Lipinski definition) is 5. The van der Waals surface area contributed by atoms with Gasteiger partial charge in [-0.05, 0) is 12.8 Å². The summed E-state index contributed by atoms with van der Waals surface area (Å²) in [5, 5.41) is 13.3. The van der Waals surface area contributed by atoms with Crippen molar-refractivity contribution < 1.29 is 9.90 Å². The van der Waals surface area contributed by atoms with E-state index < -0.39 is 0 Å². The Morgan fingerprint density at radius 3 is 3.17 bits per heavy atom. The van der Waals surface area contributed by atoms with Crippen LogP contribution in [0.1, 0.15) is 17.7 Å². The van der Waals surface area contributed by atoms with Crippen LogP contribution in [-0.2, 0) is 11.4 Å². The van der Waals surface area contributed by atoms with E-state index in [0.717, 1.165) is 24.5 Å². The average molecular weight is 288 g/mol. The van der Waals surface area contributed by atoms with E-state index in [0.29, 0.717) is 16.6 Å². The summed E-state index contributed by atoms with van der Waals surface area (Å²) >= 11 is 7.38. The van der Waals surface area contributed by atoms with E-state index in [-0.39, 0.29) is 24.5 Å². The van der Waals surface area contributed by atoms with Gasteiger partial charge < -0.3 is 15.3 Å². The van der Waals surface area contributed by atoms with Gasteiger partial charge in [0.15, 0.2) is 5.13 Å². The Morgan fingerprint density at radius 1 is 1.61 bits per heavy atom. The van der Waals surface area contributed by atoms with E-state index in [1.807, 2.05) is 0 Å². The molecule has 5 nitrogen and oxygen atoms in total. The number of amides is 1. The molecule has 0 radical (unpaired) electrons. The van der Waals surface area contributed by atoms with E-state index in [4.69, 9.17) is 16.7 Å². The normalized spacial score (nSPS) is 27.2. The summed E-state index contributed by atoms with van der Waals surface area (Å²) in [6, 6.07) is 0.181. The molecule has 1 aromatic heterocycles. The number of nitrogens with one attached hydrogen (secondary N) is 1. The van der Waals surface area contributed by atoms with Crippen molar-refractivity contribution in [3.05, 3.63) is 10.0 Å². The van der Waals surface area contributed by atoms with Gasteiger partial charge in [-0.1, -0.05) is 22.9 Å². The molecule has 2 fully saturated rings. The minimum Gasteiger partial charge on any atom is -0.391 e. The minimum absolute atomic E-state index is 0.0685. The molecule has 0 bridgehead atoms. The van der Waals surface area contributed by atoms with Gasteiger partial charge in [-0.2, -0.15) is 0 Å². The van der Waals surface area contributed by atoms with Crippen molar-refractivity contribution in [3.63, 3.8) is 0 Å². The van der Waals surface area contributed by atoms with Gasteiger partial charge in [-0.15, -0.1) is 0 Å². The van der Waals surface area contributed by atoms with Crippen molar-refractivity contribution in [2.45, 2.75) is 25.5 Å². The molecule has 2 atom stereocenters. The quantitative estimate of drug-likeness (QED) is 0.852. The molecule has 2 aliphatic heterocycles. The number of halogens is 1. The number of carbonyl (C=O) groups excluding carboxylic acids is 1. The number of nitrogens with zero attached hydrogens (tertiary/aromatic N) is 2. The van der Waals surface area contributed by atoms with Crippen LogP contribution in [0.25, 0.3) is 0 Å². The third-order valence-electron chi connectivity index (χ3n) is 3.63. The molecular formula is C11H14ClN3O2S. The van der Waals surface area contributed by atoms with Gasteiger partial charge in [0.1, 0.15) is 5.15 Å². The molecule has 3 heterocycles. The molecule has 0 saturated carbocycles. The molecule has 3 rings (SSSR count). The van der Waals surface area contributed by atoms with Crippen LogP contribution < -0.4 is 10.2 Å². The summed E-state index contributed by atoms with van der Waals surface area (Å²) in [5.41, 5.74) is 0. The second-order valence-corrected chi connectivity index (χ2v) is 6.04. The van der Waals surface area contributed by atoms with Gasteiger partial charge in [0.2, 0.25) is 5.91 Å². The molecular weight excluding hydrogens is 274 g/mol. The molecule has 2 N–H and O–H groups in total. The monoisotopic (exact) mass is 287 g/mol. The predicted molar refractivity (Wildman–Crippen MR) is 69.9 cm³/mol. The number of piperidine rings is 1. The van der Waals surface area contributed by atoms with Crippen molar-refractivity contribution in [3.8, 4) is 0 Å². The molecule has 0 spiro atoms. The molecule has 98 valence electrons. The van der Waals surface area contributed by atoms with Crippen LogP contribution in [0, 0.1) is 5.92 Å². The van der Waals surface area contributed by atoms with Crippen molar-refractivity contribution >= 4 is 34.0 Å². The molecule has 2 unspecified atom stereocenters. The van der Waals surface area contributed by atoms with Gasteiger partial charge in [-0.3, -0.25) is 4.79 Å². The third kappa shape index (κ3) is 1.88. The van der Waals surface area contributed by atoms with Crippen LogP contribution >= 0.6 is 22.9 Å². The van der Waals surface area contributed by atoms with Crippen molar-refractivity contribution in [2.75, 3.05) is 18.0 Å². The second-order valence-electron chi connectivity index (χ2n) is 4.62. The summed E-state index contributed by atoms with van der Waals surface area (Å²) in [5.74, 6) is 0.216. The van der Waals surface area contributed by atoms with Crippen molar-refractivity contribution in [2.24, 2.45) is 5.92 Å². The number of aromatic nitrogens is 1. The molecule has 7 heteroatoms. The molecule has 1 amide bonds. The van der Waals surface area contributed by atoms with Crippen molar-refractivity contribution in [1.29, 1.82) is 0 Å². The molecule has 18 heavy (non-hydrogen) atoms. The first kappa shape index (κ1) is 12.2. The number of aliphatic hydroxyl groups is 1. The third-order valence-corrected chi connectivity index (χ3v) is 5.13. The van der Waals surface area contributed by atoms with E-state index >= 15 is 0 Å². The number of rotatable bonds is 2. The zero-order valence-corrected chi connectivity index (χ0v) is 11.3. The first-order chi connectivity index (χ1) is 8.70. The smallest absolute Gasteiger partial charge is 0.225 e. The maximum atomic E-state index is 11.7. The lowest BCUT2D eigenvalue weighted by molar-refractivity contribution is -0.122. The summed E-state index contributed by atoms with van der Waals surface area (Å²) in [6.45, 7) is 1.48. The lowest BCUT2D eigenvalue weighted by Gasteiger charge is -2.35. The SMILES string of the molecule is O=C1NCC2C1CCCN2c1nc(Cl)c(CO)s1. The molecule has 1 aromatic rings. The van der Waals surface area contributed by atoms with E-state index in [1.54, 1.807) is 0 Å². The number of carbonyl (C=O) groups is 1. The highest BCUT2D eigenvalue weighted by Crippen LogP contribution is 2.36. The summed E-state index contributed by atoms with van der Waals surface area (Å²) in [7, 11) is 0. The van der Waals surface area contributed by atoms with Gasteiger partial charge in [0.05, 0.1) is 23.4 Å². The second kappa shape index (κ2) is 4.68. The van der Waals surface area contributed by atoms with Crippen LogP contribution in [0.15, 0.2) is 0 Å². The molecule has 2 aliphatic rings. The highest BCUT2D eigenvalue weighted by atomic mass is 35.5. The Morgan fingerprint density at radius 2 is 2.44 bits per heavy atom. The fraction of sp³-hybridized carbons (Fsp3) is 0.636. The topological polar surface area (TPSA) is 65.5 Å². The summed E-state index contributed by atoms with van der Waals surface area (Å²) in [6.07, 6.45) is 1.93. The van der Waals surface area contributed by atoms with Crippen LogP contribution in [-0.4, -0.2) is 35.1 Å². The minimum atomic E-state index is -0.0877. The Hall–Kier alpha value is -0.850. The highest BCUT2D eigenvalue weighted by Gasteiger charge is 2.41. The van der Waals surface area contributed by atoms with Crippen LogP contribution in [0.5, 0.6) is 0 Å². The standard InChI is InChI=1S/C11H14ClN3O2S/c12-9-8(5-16)18-11(14-9)15-3-1-2-6-7(15)4-13-10(6)17/h6-7,16H,1-5H2,(H,13,17). The Bertz CT molecular complexity index is 479. The fourth-order valence-electron chi connectivity index (χ4n) is 2.73. The maximum absolute atomic E-state index is 11.7. The first-order valence-corrected chi connectivity index (χ1v) is 7.20. The number of aliphatic hydroxyl groups excluding tert-OH is 1. The Balaban J connectivity index is 1.88. The number of hydrogen-bond donors (Lipinski definition) is 2. The van der Waals surface area contributed by atoms with Gasteiger partial charge >= 0.3 is 0 Å². The molecule has 0 aliphatic carbocycles.